The van der Waals surface area contributed by atoms with Gasteiger partial charge in [0.2, 0.25) is 0 Å². The number of fused-ring (bicyclic) bond motifs is 1. The molecule has 0 aliphatic heterocycles. The second kappa shape index (κ2) is 5.84. The molecule has 1 saturated carbocycles. The number of benzene rings is 1. The Morgan fingerprint density at radius 2 is 2.05 bits per heavy atom. The summed E-state index contributed by atoms with van der Waals surface area (Å²) in [7, 11) is 0. The van der Waals surface area contributed by atoms with Crippen molar-refractivity contribution in [3.8, 4) is 0 Å². The van der Waals surface area contributed by atoms with E-state index in [0.717, 1.165) is 25.9 Å². The predicted molar refractivity (Wildman–Crippen MR) is 86.3 cm³/mol. The average molecular weight is 289 g/mol. The summed E-state index contributed by atoms with van der Waals surface area (Å²) in [5.41, 5.74) is 7.86. The minimum atomic E-state index is -0.0855. The fourth-order valence-corrected chi connectivity index (χ4v) is 4.47. The highest BCUT2D eigenvalue weighted by atomic mass is 32.1. The second-order valence-electron chi connectivity index (χ2n) is 5.77. The Bertz CT molecular complexity index is 571. The lowest BCUT2D eigenvalue weighted by Crippen LogP contribution is -2.49. The normalized spacial score (nSPS) is 19.5. The summed E-state index contributed by atoms with van der Waals surface area (Å²) in [5, 5.41) is 3.62. The van der Waals surface area contributed by atoms with Gasteiger partial charge in [0.15, 0.2) is 0 Å². The van der Waals surface area contributed by atoms with Crippen molar-refractivity contribution < 1.29 is 4.74 Å². The van der Waals surface area contributed by atoms with Crippen molar-refractivity contribution in [2.24, 2.45) is 5.73 Å². The molecule has 20 heavy (non-hydrogen) atoms. The van der Waals surface area contributed by atoms with Crippen molar-refractivity contribution in [2.45, 2.75) is 50.7 Å². The molecule has 3 rings (SSSR count). The van der Waals surface area contributed by atoms with Gasteiger partial charge in [-0.1, -0.05) is 31.0 Å². The van der Waals surface area contributed by atoms with Crippen molar-refractivity contribution in [1.29, 1.82) is 0 Å². The van der Waals surface area contributed by atoms with Crippen LogP contribution in [-0.2, 0) is 11.2 Å². The molecule has 0 spiro atoms. The molecule has 1 aliphatic carbocycles. The van der Waals surface area contributed by atoms with Crippen LogP contribution in [0.25, 0.3) is 10.1 Å². The molecule has 1 aromatic carbocycles. The Morgan fingerprint density at radius 1 is 1.30 bits per heavy atom. The number of nitrogens with two attached hydrogens (primary N) is 1. The molecule has 1 aliphatic rings. The molecule has 0 saturated heterocycles. The zero-order valence-corrected chi connectivity index (χ0v) is 12.9. The Hall–Kier alpha value is -0.900. The van der Waals surface area contributed by atoms with E-state index in [4.69, 9.17) is 10.5 Å². The van der Waals surface area contributed by atoms with E-state index < -0.39 is 0 Å². The smallest absolute Gasteiger partial charge is 0.0835 e. The standard InChI is InChI=1S/C17H23NOS/c1-2-19-17(9-5-6-10-17)16(18)11-13-12-20-15-8-4-3-7-14(13)15/h3-4,7-8,12,16H,2,5-6,9-11,18H2,1H3. The highest BCUT2D eigenvalue weighted by molar-refractivity contribution is 7.17. The van der Waals surface area contributed by atoms with E-state index in [0.29, 0.717) is 0 Å². The molecule has 2 aromatic rings. The van der Waals surface area contributed by atoms with Crippen molar-refractivity contribution in [1.82, 2.24) is 0 Å². The van der Waals surface area contributed by atoms with E-state index in [1.54, 1.807) is 0 Å². The van der Waals surface area contributed by atoms with Gasteiger partial charge in [-0.25, -0.2) is 0 Å². The molecule has 108 valence electrons. The van der Waals surface area contributed by atoms with Gasteiger partial charge >= 0.3 is 0 Å². The topological polar surface area (TPSA) is 35.2 Å². The monoisotopic (exact) mass is 289 g/mol. The third-order valence-electron chi connectivity index (χ3n) is 4.56. The van der Waals surface area contributed by atoms with Gasteiger partial charge in [-0.3, -0.25) is 0 Å². The molecule has 1 unspecified atom stereocenters. The largest absolute Gasteiger partial charge is 0.374 e. The van der Waals surface area contributed by atoms with Gasteiger partial charge in [0, 0.05) is 17.3 Å². The van der Waals surface area contributed by atoms with Crippen molar-refractivity contribution in [3.63, 3.8) is 0 Å². The summed E-state index contributed by atoms with van der Waals surface area (Å²) < 4.78 is 7.44. The van der Waals surface area contributed by atoms with E-state index in [1.807, 2.05) is 11.3 Å². The highest BCUT2D eigenvalue weighted by Crippen LogP contribution is 2.37. The molecule has 0 amide bonds. The third kappa shape index (κ3) is 2.50. The molecule has 0 radical (unpaired) electrons. The highest BCUT2D eigenvalue weighted by Gasteiger charge is 2.40. The van der Waals surface area contributed by atoms with Crippen LogP contribution >= 0.6 is 11.3 Å². The summed E-state index contributed by atoms with van der Waals surface area (Å²) in [4.78, 5) is 0. The summed E-state index contributed by atoms with van der Waals surface area (Å²) in [6.45, 7) is 2.84. The van der Waals surface area contributed by atoms with Crippen LogP contribution in [0.15, 0.2) is 29.6 Å². The number of rotatable bonds is 5. The lowest BCUT2D eigenvalue weighted by molar-refractivity contribution is -0.0524. The number of thiophene rings is 1. The molecular weight excluding hydrogens is 266 g/mol. The molecule has 2 N–H and O–H groups in total. The van der Waals surface area contributed by atoms with Crippen LogP contribution in [0, 0.1) is 0 Å². The van der Waals surface area contributed by atoms with Crippen molar-refractivity contribution in [2.75, 3.05) is 6.61 Å². The zero-order chi connectivity index (χ0) is 14.0. The maximum Gasteiger partial charge on any atom is 0.0835 e. The minimum absolute atomic E-state index is 0.0855. The number of hydrogen-bond donors (Lipinski definition) is 1. The van der Waals surface area contributed by atoms with E-state index in [9.17, 15) is 0 Å². The summed E-state index contributed by atoms with van der Waals surface area (Å²) in [5.74, 6) is 0. The molecular formula is C17H23NOS. The molecule has 1 fully saturated rings. The van der Waals surface area contributed by atoms with Crippen LogP contribution in [-0.4, -0.2) is 18.2 Å². The number of ether oxygens (including phenoxy) is 1. The van der Waals surface area contributed by atoms with Gasteiger partial charge in [-0.05, 0) is 48.6 Å². The summed E-state index contributed by atoms with van der Waals surface area (Å²) in [6, 6.07) is 8.70. The van der Waals surface area contributed by atoms with E-state index in [1.165, 1.54) is 28.5 Å². The molecule has 2 nitrogen and oxygen atoms in total. The average Bonchev–Trinajstić information content (AvgIpc) is 3.08. The molecule has 3 heteroatoms. The maximum absolute atomic E-state index is 6.56. The summed E-state index contributed by atoms with van der Waals surface area (Å²) >= 11 is 1.81. The fourth-order valence-electron chi connectivity index (χ4n) is 3.50. The Kier molecular flexibility index (Phi) is 4.11. The van der Waals surface area contributed by atoms with Gasteiger partial charge in [0.25, 0.3) is 0 Å². The van der Waals surface area contributed by atoms with Crippen LogP contribution in [0.2, 0.25) is 0 Å². The van der Waals surface area contributed by atoms with E-state index >= 15 is 0 Å². The van der Waals surface area contributed by atoms with Crippen molar-refractivity contribution in [3.05, 3.63) is 35.2 Å². The van der Waals surface area contributed by atoms with Crippen LogP contribution < -0.4 is 5.73 Å². The number of hydrogen-bond acceptors (Lipinski definition) is 3. The first kappa shape index (κ1) is 14.1. The van der Waals surface area contributed by atoms with Gasteiger partial charge in [0.1, 0.15) is 0 Å². The van der Waals surface area contributed by atoms with E-state index in [-0.39, 0.29) is 11.6 Å². The SMILES string of the molecule is CCOC1(C(N)Cc2csc3ccccc23)CCCC1. The zero-order valence-electron chi connectivity index (χ0n) is 12.1. The predicted octanol–water partition coefficient (Wildman–Crippen LogP) is 4.12. The third-order valence-corrected chi connectivity index (χ3v) is 5.57. The molecule has 1 atom stereocenters. The molecule has 1 heterocycles. The van der Waals surface area contributed by atoms with Crippen LogP contribution in [0.1, 0.15) is 38.2 Å². The van der Waals surface area contributed by atoms with Crippen molar-refractivity contribution >= 4 is 21.4 Å². The first-order valence-corrected chi connectivity index (χ1v) is 8.48. The lowest BCUT2D eigenvalue weighted by atomic mass is 9.88. The summed E-state index contributed by atoms with van der Waals surface area (Å²) in [6.07, 6.45) is 5.65. The quantitative estimate of drug-likeness (QED) is 0.898. The minimum Gasteiger partial charge on any atom is -0.374 e. The first-order chi connectivity index (χ1) is 9.75. The Morgan fingerprint density at radius 3 is 2.80 bits per heavy atom. The van der Waals surface area contributed by atoms with Crippen LogP contribution in [0.5, 0.6) is 0 Å². The van der Waals surface area contributed by atoms with E-state index in [2.05, 4.69) is 36.6 Å². The van der Waals surface area contributed by atoms with Gasteiger partial charge in [-0.15, -0.1) is 11.3 Å². The second-order valence-corrected chi connectivity index (χ2v) is 6.68. The lowest BCUT2D eigenvalue weighted by Gasteiger charge is -2.35. The maximum atomic E-state index is 6.56. The van der Waals surface area contributed by atoms with Crippen LogP contribution in [0.3, 0.4) is 0 Å². The Labute approximate surface area is 124 Å². The van der Waals surface area contributed by atoms with Gasteiger partial charge in [-0.2, -0.15) is 0 Å². The Balaban J connectivity index is 1.82. The molecule has 0 bridgehead atoms. The van der Waals surface area contributed by atoms with Crippen LogP contribution in [0.4, 0.5) is 0 Å². The van der Waals surface area contributed by atoms with Gasteiger partial charge in [0.05, 0.1) is 5.60 Å². The molecule has 1 aromatic heterocycles. The fraction of sp³-hybridized carbons (Fsp3) is 0.529. The first-order valence-electron chi connectivity index (χ1n) is 7.60. The van der Waals surface area contributed by atoms with Gasteiger partial charge < -0.3 is 10.5 Å².